The number of hydrogen-bond acceptors (Lipinski definition) is 4. The fraction of sp³-hybridized carbons (Fsp3) is 0.786. The lowest BCUT2D eigenvalue weighted by Crippen LogP contribution is -2.20. The summed E-state index contributed by atoms with van der Waals surface area (Å²) in [5, 5.41) is 0. The van der Waals surface area contributed by atoms with E-state index in [9.17, 15) is 0 Å². The molecule has 5 heteroatoms. The molecule has 5 nitrogen and oxygen atoms in total. The first-order chi connectivity index (χ1) is 9.27. The van der Waals surface area contributed by atoms with Gasteiger partial charge in [-0.2, -0.15) is 0 Å². The molecule has 1 unspecified atom stereocenters. The smallest absolute Gasteiger partial charge is 0.146 e. The minimum Gasteiger partial charge on any atom is -0.382 e. The summed E-state index contributed by atoms with van der Waals surface area (Å²) in [6.45, 7) is 1.58. The van der Waals surface area contributed by atoms with Gasteiger partial charge >= 0.3 is 0 Å². The van der Waals surface area contributed by atoms with Crippen LogP contribution in [0.2, 0.25) is 0 Å². The summed E-state index contributed by atoms with van der Waals surface area (Å²) in [5.41, 5.74) is 7.12. The summed E-state index contributed by atoms with van der Waals surface area (Å²) in [4.78, 5) is 4.79. The van der Waals surface area contributed by atoms with Crippen LogP contribution in [0.5, 0.6) is 0 Å². The first-order valence-corrected chi connectivity index (χ1v) is 7.48. The van der Waals surface area contributed by atoms with Gasteiger partial charge in [-0.05, 0) is 25.7 Å². The molecule has 4 N–H and O–H groups in total. The van der Waals surface area contributed by atoms with E-state index >= 15 is 0 Å². The number of aromatic nitrogens is 2. The highest BCUT2D eigenvalue weighted by atomic mass is 16.5. The van der Waals surface area contributed by atoms with E-state index in [0.29, 0.717) is 17.7 Å². The molecule has 0 spiro atoms. The Kier molecular flexibility index (Phi) is 3.64. The number of anilines is 1. The molecule has 0 radical (unpaired) electrons. The number of hydrogen-bond donors (Lipinski definition) is 2. The lowest BCUT2D eigenvalue weighted by Gasteiger charge is -2.21. The number of ether oxygens (including phenoxy) is 1. The van der Waals surface area contributed by atoms with Gasteiger partial charge in [-0.3, -0.25) is 0 Å². The summed E-state index contributed by atoms with van der Waals surface area (Å²) in [5.74, 6) is 8.55. The Balaban J connectivity index is 1.85. The third-order valence-electron chi connectivity index (χ3n) is 4.52. The van der Waals surface area contributed by atoms with Crippen molar-refractivity contribution < 1.29 is 4.74 Å². The third-order valence-corrected chi connectivity index (χ3v) is 4.52. The first kappa shape index (κ1) is 12.8. The normalized spacial score (nSPS) is 25.6. The molecule has 2 fully saturated rings. The Labute approximate surface area is 114 Å². The standard InChI is InChI=1S/C14H24N4O/c15-13-12(11-7-4-8-19-9-11)17-14(18(13)16)10-5-2-1-3-6-10/h10-11H,1-9,15-16H2. The number of rotatable bonds is 2. The molecule has 19 heavy (non-hydrogen) atoms. The van der Waals surface area contributed by atoms with Gasteiger partial charge in [-0.15, -0.1) is 0 Å². The molecule has 0 aromatic carbocycles. The van der Waals surface area contributed by atoms with Crippen molar-refractivity contribution in [2.75, 3.05) is 24.8 Å². The van der Waals surface area contributed by atoms with Gasteiger partial charge in [0.15, 0.2) is 0 Å². The average molecular weight is 264 g/mol. The Morgan fingerprint density at radius 2 is 1.79 bits per heavy atom. The van der Waals surface area contributed by atoms with Crippen LogP contribution in [-0.4, -0.2) is 22.9 Å². The van der Waals surface area contributed by atoms with E-state index in [1.807, 2.05) is 0 Å². The summed E-state index contributed by atoms with van der Waals surface area (Å²) >= 11 is 0. The Hall–Kier alpha value is -1.23. The molecule has 1 aromatic rings. The van der Waals surface area contributed by atoms with Gasteiger partial charge < -0.3 is 16.3 Å². The van der Waals surface area contributed by atoms with E-state index in [1.54, 1.807) is 4.68 Å². The molecule has 1 saturated carbocycles. The second-order valence-electron chi connectivity index (χ2n) is 5.86. The zero-order valence-corrected chi connectivity index (χ0v) is 11.5. The van der Waals surface area contributed by atoms with Crippen molar-refractivity contribution in [3.8, 4) is 0 Å². The van der Waals surface area contributed by atoms with Crippen molar-refractivity contribution in [3.05, 3.63) is 11.5 Å². The molecule has 1 atom stereocenters. The van der Waals surface area contributed by atoms with Crippen molar-refractivity contribution in [2.45, 2.75) is 56.8 Å². The second-order valence-corrected chi connectivity index (χ2v) is 5.86. The predicted molar refractivity (Wildman–Crippen MR) is 75.4 cm³/mol. The lowest BCUT2D eigenvalue weighted by molar-refractivity contribution is 0.0795. The summed E-state index contributed by atoms with van der Waals surface area (Å²) in [7, 11) is 0. The molecular weight excluding hydrogens is 240 g/mol. The van der Waals surface area contributed by atoms with Crippen LogP contribution in [0, 0.1) is 0 Å². The highest BCUT2D eigenvalue weighted by Crippen LogP contribution is 2.35. The maximum absolute atomic E-state index is 6.16. The first-order valence-electron chi connectivity index (χ1n) is 7.48. The lowest BCUT2D eigenvalue weighted by atomic mass is 9.89. The molecule has 1 aliphatic heterocycles. The Morgan fingerprint density at radius 3 is 2.47 bits per heavy atom. The maximum Gasteiger partial charge on any atom is 0.146 e. The number of nitrogen functional groups attached to an aromatic ring is 2. The van der Waals surface area contributed by atoms with E-state index in [2.05, 4.69) is 0 Å². The Morgan fingerprint density at radius 1 is 1.05 bits per heavy atom. The Bertz CT molecular complexity index is 392. The molecule has 0 bridgehead atoms. The van der Waals surface area contributed by atoms with Gasteiger partial charge in [-0.1, -0.05) is 19.3 Å². The van der Waals surface area contributed by atoms with E-state index in [4.69, 9.17) is 21.3 Å². The topological polar surface area (TPSA) is 79.1 Å². The highest BCUT2D eigenvalue weighted by molar-refractivity contribution is 5.41. The van der Waals surface area contributed by atoms with Gasteiger partial charge in [0.2, 0.25) is 0 Å². The van der Waals surface area contributed by atoms with Crippen molar-refractivity contribution >= 4 is 5.82 Å². The van der Waals surface area contributed by atoms with E-state index in [0.717, 1.165) is 37.6 Å². The van der Waals surface area contributed by atoms with Crippen LogP contribution < -0.4 is 11.6 Å². The molecule has 3 rings (SSSR count). The molecule has 1 saturated heterocycles. The second kappa shape index (κ2) is 5.41. The van der Waals surface area contributed by atoms with E-state index in [-0.39, 0.29) is 0 Å². The molecule has 1 aromatic heterocycles. The van der Waals surface area contributed by atoms with E-state index in [1.165, 1.54) is 32.1 Å². The van der Waals surface area contributed by atoms with Crippen molar-refractivity contribution in [2.24, 2.45) is 0 Å². The summed E-state index contributed by atoms with van der Waals surface area (Å²) in [6.07, 6.45) is 8.45. The van der Waals surface area contributed by atoms with Crippen LogP contribution >= 0.6 is 0 Å². The molecule has 0 amide bonds. The molecule has 2 heterocycles. The van der Waals surface area contributed by atoms with Gasteiger partial charge in [0.1, 0.15) is 11.6 Å². The summed E-state index contributed by atoms with van der Waals surface area (Å²) < 4.78 is 7.17. The maximum atomic E-state index is 6.16. The number of imidazole rings is 1. The SMILES string of the molecule is Nc1c(C2CCCOC2)nc(C2CCCCC2)n1N. The van der Waals surface area contributed by atoms with Crippen molar-refractivity contribution in [1.82, 2.24) is 9.66 Å². The van der Waals surface area contributed by atoms with E-state index < -0.39 is 0 Å². The van der Waals surface area contributed by atoms with Gasteiger partial charge in [0, 0.05) is 18.4 Å². The number of nitrogens with two attached hydrogens (primary N) is 2. The fourth-order valence-electron chi connectivity index (χ4n) is 3.39. The predicted octanol–water partition coefficient (Wildman–Crippen LogP) is 2.12. The molecule has 1 aliphatic carbocycles. The molecule has 106 valence electrons. The number of nitrogens with zero attached hydrogens (tertiary/aromatic N) is 2. The van der Waals surface area contributed by atoms with Crippen LogP contribution in [-0.2, 0) is 4.74 Å². The monoisotopic (exact) mass is 264 g/mol. The van der Waals surface area contributed by atoms with Gasteiger partial charge in [0.25, 0.3) is 0 Å². The van der Waals surface area contributed by atoms with Crippen LogP contribution in [0.4, 0.5) is 5.82 Å². The summed E-state index contributed by atoms with van der Waals surface area (Å²) in [6, 6.07) is 0. The zero-order chi connectivity index (χ0) is 13.2. The average Bonchev–Trinajstić information content (AvgIpc) is 2.77. The van der Waals surface area contributed by atoms with Crippen LogP contribution in [0.15, 0.2) is 0 Å². The van der Waals surface area contributed by atoms with Crippen LogP contribution in [0.25, 0.3) is 0 Å². The van der Waals surface area contributed by atoms with Gasteiger partial charge in [0.05, 0.1) is 12.3 Å². The minimum atomic E-state index is 0.320. The van der Waals surface area contributed by atoms with Crippen LogP contribution in [0.1, 0.15) is 68.3 Å². The largest absolute Gasteiger partial charge is 0.382 e. The molecule has 2 aliphatic rings. The van der Waals surface area contributed by atoms with Gasteiger partial charge in [-0.25, -0.2) is 9.66 Å². The van der Waals surface area contributed by atoms with Crippen molar-refractivity contribution in [1.29, 1.82) is 0 Å². The van der Waals surface area contributed by atoms with Crippen molar-refractivity contribution in [3.63, 3.8) is 0 Å². The third kappa shape index (κ3) is 2.43. The fourth-order valence-corrected chi connectivity index (χ4v) is 3.39. The zero-order valence-electron chi connectivity index (χ0n) is 11.5. The highest BCUT2D eigenvalue weighted by Gasteiger charge is 2.27. The van der Waals surface area contributed by atoms with Crippen LogP contribution in [0.3, 0.4) is 0 Å². The quantitative estimate of drug-likeness (QED) is 0.802. The minimum absolute atomic E-state index is 0.320. The molecular formula is C14H24N4O.